The Morgan fingerprint density at radius 2 is 2.00 bits per heavy atom. The lowest BCUT2D eigenvalue weighted by Gasteiger charge is -2.19. The molecule has 0 saturated carbocycles. The van der Waals surface area contributed by atoms with E-state index >= 15 is 0 Å². The SMILES string of the molecule is CCC(/N=C(\C=N)CCC=N)N(C)C.I. The number of hydrogen-bond donors (Lipinski definition) is 2. The standard InChI is InChI=1S/C10H20N4.HI/c1-4-10(14(2)3)13-9(8-12)6-5-7-11;/h7-8,10-12H,4-6H2,1-3H3;1H/b11-7?,12-8?,13-9-;. The summed E-state index contributed by atoms with van der Waals surface area (Å²) in [6, 6.07) is 0. The van der Waals surface area contributed by atoms with Crippen molar-refractivity contribution in [3.8, 4) is 0 Å². The fraction of sp³-hybridized carbons (Fsp3) is 0.700. The van der Waals surface area contributed by atoms with E-state index in [4.69, 9.17) is 10.8 Å². The van der Waals surface area contributed by atoms with Crippen LogP contribution in [0.2, 0.25) is 0 Å². The fourth-order valence-electron chi connectivity index (χ4n) is 1.16. The Labute approximate surface area is 109 Å². The van der Waals surface area contributed by atoms with E-state index in [0.29, 0.717) is 12.8 Å². The first-order valence-electron chi connectivity index (χ1n) is 4.88. The average molecular weight is 324 g/mol. The maximum atomic E-state index is 7.20. The van der Waals surface area contributed by atoms with Gasteiger partial charge in [0.25, 0.3) is 0 Å². The van der Waals surface area contributed by atoms with Crippen LogP contribution in [0.1, 0.15) is 26.2 Å². The third-order valence-electron chi connectivity index (χ3n) is 1.99. The predicted molar refractivity (Wildman–Crippen MR) is 77.4 cm³/mol. The van der Waals surface area contributed by atoms with Crippen LogP contribution in [0.25, 0.3) is 0 Å². The third-order valence-corrected chi connectivity index (χ3v) is 1.99. The number of aliphatic imine (C=N–C) groups is 1. The molecule has 0 aliphatic rings. The highest BCUT2D eigenvalue weighted by molar-refractivity contribution is 14.0. The molecule has 4 nitrogen and oxygen atoms in total. The average Bonchev–Trinajstić information content (AvgIpc) is 2.18. The number of rotatable bonds is 7. The van der Waals surface area contributed by atoms with Gasteiger partial charge in [0, 0.05) is 6.21 Å². The fourth-order valence-corrected chi connectivity index (χ4v) is 1.16. The maximum absolute atomic E-state index is 7.20. The second-order valence-electron chi connectivity index (χ2n) is 3.36. The molecule has 0 aromatic carbocycles. The molecule has 15 heavy (non-hydrogen) atoms. The van der Waals surface area contributed by atoms with Crippen LogP contribution >= 0.6 is 24.0 Å². The lowest BCUT2D eigenvalue weighted by molar-refractivity contribution is 0.296. The van der Waals surface area contributed by atoms with Crippen molar-refractivity contribution in [2.75, 3.05) is 14.1 Å². The Balaban J connectivity index is 0. The molecule has 0 aliphatic carbocycles. The Hall–Kier alpha value is -0.300. The van der Waals surface area contributed by atoms with Gasteiger partial charge in [0.1, 0.15) is 6.17 Å². The molecule has 1 unspecified atom stereocenters. The van der Waals surface area contributed by atoms with Crippen molar-refractivity contribution in [3.05, 3.63) is 0 Å². The molecular weight excluding hydrogens is 303 g/mol. The van der Waals surface area contributed by atoms with E-state index in [0.717, 1.165) is 12.1 Å². The van der Waals surface area contributed by atoms with Crippen LogP contribution in [-0.4, -0.2) is 43.3 Å². The van der Waals surface area contributed by atoms with Gasteiger partial charge in [-0.3, -0.25) is 9.89 Å². The molecule has 1 atom stereocenters. The molecule has 0 radical (unpaired) electrons. The first-order chi connectivity index (χ1) is 6.65. The molecule has 0 spiro atoms. The van der Waals surface area contributed by atoms with E-state index in [1.165, 1.54) is 12.4 Å². The molecule has 0 saturated heterocycles. The van der Waals surface area contributed by atoms with E-state index in [-0.39, 0.29) is 30.1 Å². The molecule has 88 valence electrons. The number of nitrogens with one attached hydrogen (secondary N) is 2. The van der Waals surface area contributed by atoms with Gasteiger partial charge in [0.2, 0.25) is 0 Å². The van der Waals surface area contributed by atoms with Gasteiger partial charge in [0.05, 0.1) is 5.71 Å². The molecule has 0 aromatic heterocycles. The van der Waals surface area contributed by atoms with Crippen molar-refractivity contribution < 1.29 is 0 Å². The van der Waals surface area contributed by atoms with E-state index in [1.807, 2.05) is 19.0 Å². The van der Waals surface area contributed by atoms with Gasteiger partial charge in [-0.15, -0.1) is 24.0 Å². The van der Waals surface area contributed by atoms with Crippen molar-refractivity contribution >= 4 is 42.1 Å². The molecule has 5 heteroatoms. The zero-order chi connectivity index (χ0) is 11.0. The van der Waals surface area contributed by atoms with Crippen LogP contribution in [0.3, 0.4) is 0 Å². The summed E-state index contributed by atoms with van der Waals surface area (Å²) in [5, 5.41) is 14.1. The highest BCUT2D eigenvalue weighted by atomic mass is 127. The molecule has 0 fully saturated rings. The maximum Gasteiger partial charge on any atom is 0.101 e. The molecule has 0 aliphatic heterocycles. The Morgan fingerprint density at radius 3 is 2.33 bits per heavy atom. The number of hydrogen-bond acceptors (Lipinski definition) is 4. The summed E-state index contributed by atoms with van der Waals surface area (Å²) in [4.78, 5) is 6.48. The molecule has 0 aromatic rings. The topological polar surface area (TPSA) is 63.3 Å². The minimum Gasteiger partial charge on any atom is -0.313 e. The van der Waals surface area contributed by atoms with Crippen LogP contribution in [-0.2, 0) is 0 Å². The number of nitrogens with zero attached hydrogens (tertiary/aromatic N) is 2. The van der Waals surface area contributed by atoms with Crippen LogP contribution < -0.4 is 0 Å². The summed E-state index contributed by atoms with van der Waals surface area (Å²) in [5.41, 5.74) is 0.772. The molecular formula is C10H21IN4. The van der Waals surface area contributed by atoms with Gasteiger partial charge < -0.3 is 10.8 Å². The summed E-state index contributed by atoms with van der Waals surface area (Å²) in [6.07, 6.45) is 5.09. The number of halogens is 1. The summed E-state index contributed by atoms with van der Waals surface area (Å²) in [6.45, 7) is 2.08. The normalized spacial score (nSPS) is 13.2. The summed E-state index contributed by atoms with van der Waals surface area (Å²) < 4.78 is 0. The largest absolute Gasteiger partial charge is 0.313 e. The monoisotopic (exact) mass is 324 g/mol. The first-order valence-corrected chi connectivity index (χ1v) is 4.88. The van der Waals surface area contributed by atoms with Gasteiger partial charge in [-0.05, 0) is 39.6 Å². The van der Waals surface area contributed by atoms with Crippen molar-refractivity contribution in [3.63, 3.8) is 0 Å². The van der Waals surface area contributed by atoms with Gasteiger partial charge in [0.15, 0.2) is 0 Å². The van der Waals surface area contributed by atoms with Gasteiger partial charge in [-0.1, -0.05) is 6.92 Å². The molecule has 0 rings (SSSR count). The predicted octanol–water partition coefficient (Wildman–Crippen LogP) is 2.42. The van der Waals surface area contributed by atoms with Crippen LogP contribution in [0.5, 0.6) is 0 Å². The van der Waals surface area contributed by atoms with Crippen LogP contribution in [0.4, 0.5) is 0 Å². The third kappa shape index (κ3) is 7.61. The molecule has 0 bridgehead atoms. The lowest BCUT2D eigenvalue weighted by atomic mass is 10.2. The highest BCUT2D eigenvalue weighted by Crippen LogP contribution is 2.02. The van der Waals surface area contributed by atoms with E-state index in [2.05, 4.69) is 11.9 Å². The van der Waals surface area contributed by atoms with Crippen LogP contribution in [0.15, 0.2) is 4.99 Å². The van der Waals surface area contributed by atoms with E-state index < -0.39 is 0 Å². The molecule has 0 amide bonds. The summed E-state index contributed by atoms with van der Waals surface area (Å²) in [7, 11) is 3.96. The molecule has 2 N–H and O–H groups in total. The van der Waals surface area contributed by atoms with Gasteiger partial charge in [-0.25, -0.2) is 0 Å². The van der Waals surface area contributed by atoms with Crippen molar-refractivity contribution in [2.45, 2.75) is 32.4 Å². The van der Waals surface area contributed by atoms with E-state index in [1.54, 1.807) is 0 Å². The zero-order valence-corrected chi connectivity index (χ0v) is 12.0. The summed E-state index contributed by atoms with van der Waals surface area (Å²) >= 11 is 0. The second-order valence-corrected chi connectivity index (χ2v) is 3.36. The van der Waals surface area contributed by atoms with Gasteiger partial charge in [-0.2, -0.15) is 0 Å². The van der Waals surface area contributed by atoms with E-state index in [9.17, 15) is 0 Å². The lowest BCUT2D eigenvalue weighted by Crippen LogP contribution is -2.26. The Kier molecular flexibility index (Phi) is 11.7. The smallest absolute Gasteiger partial charge is 0.101 e. The van der Waals surface area contributed by atoms with Gasteiger partial charge >= 0.3 is 0 Å². The minimum atomic E-state index is 0. The molecule has 0 heterocycles. The quantitative estimate of drug-likeness (QED) is 0.548. The zero-order valence-electron chi connectivity index (χ0n) is 9.66. The van der Waals surface area contributed by atoms with Crippen molar-refractivity contribution in [1.82, 2.24) is 4.90 Å². The Morgan fingerprint density at radius 1 is 1.40 bits per heavy atom. The highest BCUT2D eigenvalue weighted by Gasteiger charge is 2.06. The van der Waals surface area contributed by atoms with Crippen molar-refractivity contribution in [1.29, 1.82) is 10.8 Å². The second kappa shape index (κ2) is 10.2. The van der Waals surface area contributed by atoms with Crippen LogP contribution in [0, 0.1) is 10.8 Å². The minimum absolute atomic E-state index is 0. The first kappa shape index (κ1) is 17.1. The van der Waals surface area contributed by atoms with Crippen molar-refractivity contribution in [2.24, 2.45) is 4.99 Å². The Bertz CT molecular complexity index is 213. The summed E-state index contributed by atoms with van der Waals surface area (Å²) in [5.74, 6) is 0.